The van der Waals surface area contributed by atoms with Gasteiger partial charge in [-0.15, -0.1) is 0 Å². The van der Waals surface area contributed by atoms with Gasteiger partial charge >= 0.3 is 0 Å². The lowest BCUT2D eigenvalue weighted by Gasteiger charge is -2.37. The van der Waals surface area contributed by atoms with E-state index >= 15 is 0 Å². The van der Waals surface area contributed by atoms with Crippen molar-refractivity contribution in [2.45, 2.75) is 19.3 Å². The van der Waals surface area contributed by atoms with Crippen molar-refractivity contribution in [2.75, 3.05) is 32.8 Å². The van der Waals surface area contributed by atoms with Crippen LogP contribution in [0.2, 0.25) is 0 Å². The van der Waals surface area contributed by atoms with E-state index in [0.29, 0.717) is 51.6 Å². The summed E-state index contributed by atoms with van der Waals surface area (Å²) in [6.45, 7) is 2.08. The predicted molar refractivity (Wildman–Crippen MR) is 109 cm³/mol. The smallest absolute Gasteiger partial charge is 0.256 e. The molecule has 2 saturated heterocycles. The molecule has 3 heterocycles. The quantitative estimate of drug-likeness (QED) is 0.793. The first-order valence-corrected chi connectivity index (χ1v) is 10.5. The molecule has 1 unspecified atom stereocenters. The molecule has 1 spiro atoms. The second-order valence-electron chi connectivity index (χ2n) is 8.23. The monoisotopic (exact) mass is 429 g/mol. The molecular formula is C23H25F2N3O3. The van der Waals surface area contributed by atoms with Gasteiger partial charge < -0.3 is 15.0 Å². The molecule has 2 amide bonds. The fourth-order valence-corrected chi connectivity index (χ4v) is 4.61. The van der Waals surface area contributed by atoms with Gasteiger partial charge in [-0.05, 0) is 49.1 Å². The van der Waals surface area contributed by atoms with E-state index in [1.165, 1.54) is 4.90 Å². The van der Waals surface area contributed by atoms with E-state index in [4.69, 9.17) is 4.74 Å². The lowest BCUT2D eigenvalue weighted by atomic mass is 9.71. The van der Waals surface area contributed by atoms with Crippen LogP contribution in [-0.4, -0.2) is 54.5 Å². The zero-order chi connectivity index (χ0) is 21.8. The summed E-state index contributed by atoms with van der Waals surface area (Å²) >= 11 is 0. The van der Waals surface area contributed by atoms with Gasteiger partial charge in [0.1, 0.15) is 11.6 Å². The third kappa shape index (κ3) is 4.58. The van der Waals surface area contributed by atoms with Crippen LogP contribution in [0.25, 0.3) is 0 Å². The van der Waals surface area contributed by atoms with E-state index in [0.717, 1.165) is 17.7 Å². The van der Waals surface area contributed by atoms with E-state index in [1.54, 1.807) is 12.4 Å². The van der Waals surface area contributed by atoms with E-state index < -0.39 is 28.9 Å². The van der Waals surface area contributed by atoms with Crippen molar-refractivity contribution in [3.8, 4) is 0 Å². The Hall–Kier alpha value is -2.87. The third-order valence-corrected chi connectivity index (χ3v) is 6.36. The van der Waals surface area contributed by atoms with Crippen LogP contribution in [0, 0.1) is 23.0 Å². The maximum atomic E-state index is 14.2. The SMILES string of the molecule is O=C(NCCc1ccncc1)C1CN(C(=O)c2ccc(F)cc2F)CC12CCOCC2. The molecule has 1 aromatic heterocycles. The highest BCUT2D eigenvalue weighted by atomic mass is 19.1. The van der Waals surface area contributed by atoms with Crippen LogP contribution < -0.4 is 5.32 Å². The lowest BCUT2D eigenvalue weighted by molar-refractivity contribution is -0.129. The van der Waals surface area contributed by atoms with Crippen LogP contribution >= 0.6 is 0 Å². The molecular weight excluding hydrogens is 404 g/mol. The van der Waals surface area contributed by atoms with Crippen LogP contribution in [0.1, 0.15) is 28.8 Å². The highest BCUT2D eigenvalue weighted by Crippen LogP contribution is 2.44. The molecule has 2 fully saturated rings. The maximum absolute atomic E-state index is 14.2. The van der Waals surface area contributed by atoms with Gasteiger partial charge in [0.25, 0.3) is 5.91 Å². The van der Waals surface area contributed by atoms with Gasteiger partial charge in [0, 0.05) is 56.7 Å². The predicted octanol–water partition coefficient (Wildman–Crippen LogP) is 2.59. The van der Waals surface area contributed by atoms with Gasteiger partial charge in [-0.3, -0.25) is 14.6 Å². The third-order valence-electron chi connectivity index (χ3n) is 6.36. The van der Waals surface area contributed by atoms with E-state index in [-0.39, 0.29) is 18.0 Å². The number of hydrogen-bond donors (Lipinski definition) is 1. The minimum atomic E-state index is -0.892. The van der Waals surface area contributed by atoms with Crippen LogP contribution in [-0.2, 0) is 16.0 Å². The molecule has 2 aliphatic heterocycles. The fourth-order valence-electron chi connectivity index (χ4n) is 4.61. The Balaban J connectivity index is 1.47. The van der Waals surface area contributed by atoms with Crippen molar-refractivity contribution in [3.05, 3.63) is 65.5 Å². The number of halogens is 2. The number of benzene rings is 1. The highest BCUT2D eigenvalue weighted by molar-refractivity contribution is 5.95. The molecule has 0 bridgehead atoms. The van der Waals surface area contributed by atoms with Crippen molar-refractivity contribution in [3.63, 3.8) is 0 Å². The van der Waals surface area contributed by atoms with Crippen molar-refractivity contribution >= 4 is 11.8 Å². The molecule has 0 aliphatic carbocycles. The van der Waals surface area contributed by atoms with Crippen molar-refractivity contribution < 1.29 is 23.1 Å². The average Bonchev–Trinajstić information content (AvgIpc) is 3.13. The van der Waals surface area contributed by atoms with Crippen molar-refractivity contribution in [1.29, 1.82) is 0 Å². The molecule has 4 rings (SSSR count). The molecule has 1 aromatic carbocycles. The number of ether oxygens (including phenoxy) is 1. The average molecular weight is 429 g/mol. The van der Waals surface area contributed by atoms with E-state index in [1.807, 2.05) is 12.1 Å². The highest BCUT2D eigenvalue weighted by Gasteiger charge is 2.51. The Kier molecular flexibility index (Phi) is 6.27. The summed E-state index contributed by atoms with van der Waals surface area (Å²) in [7, 11) is 0. The van der Waals surface area contributed by atoms with E-state index in [9.17, 15) is 18.4 Å². The minimum absolute atomic E-state index is 0.106. The molecule has 164 valence electrons. The van der Waals surface area contributed by atoms with Gasteiger partial charge in [0.2, 0.25) is 5.91 Å². The number of likely N-dealkylation sites (tertiary alicyclic amines) is 1. The second kappa shape index (κ2) is 9.09. The maximum Gasteiger partial charge on any atom is 0.256 e. The number of nitrogens with one attached hydrogen (secondary N) is 1. The molecule has 2 aromatic rings. The molecule has 2 aliphatic rings. The van der Waals surface area contributed by atoms with Gasteiger partial charge in [-0.2, -0.15) is 0 Å². The molecule has 0 saturated carbocycles. The number of nitrogens with zero attached hydrogens (tertiary/aromatic N) is 2. The summed E-state index contributed by atoms with van der Waals surface area (Å²) in [5, 5.41) is 3.00. The summed E-state index contributed by atoms with van der Waals surface area (Å²) in [6.07, 6.45) is 5.42. The normalized spacial score (nSPS) is 20.1. The summed E-state index contributed by atoms with van der Waals surface area (Å²) < 4.78 is 32.9. The van der Waals surface area contributed by atoms with Crippen molar-refractivity contribution in [1.82, 2.24) is 15.2 Å². The van der Waals surface area contributed by atoms with Crippen LogP contribution in [0.4, 0.5) is 8.78 Å². The van der Waals surface area contributed by atoms with Gasteiger partial charge in [-0.1, -0.05) is 0 Å². The topological polar surface area (TPSA) is 71.5 Å². The molecule has 6 nitrogen and oxygen atoms in total. The molecule has 0 radical (unpaired) electrons. The van der Waals surface area contributed by atoms with Gasteiger partial charge in [-0.25, -0.2) is 8.78 Å². The second-order valence-corrected chi connectivity index (χ2v) is 8.23. The number of pyridine rings is 1. The van der Waals surface area contributed by atoms with Crippen LogP contribution in [0.3, 0.4) is 0 Å². The minimum Gasteiger partial charge on any atom is -0.381 e. The Morgan fingerprint density at radius 2 is 1.90 bits per heavy atom. The number of rotatable bonds is 5. The van der Waals surface area contributed by atoms with Crippen LogP contribution in [0.15, 0.2) is 42.7 Å². The van der Waals surface area contributed by atoms with Gasteiger partial charge in [0.15, 0.2) is 0 Å². The first kappa shape index (κ1) is 21.4. The van der Waals surface area contributed by atoms with Gasteiger partial charge in [0.05, 0.1) is 11.5 Å². The Morgan fingerprint density at radius 3 is 2.61 bits per heavy atom. The van der Waals surface area contributed by atoms with Crippen molar-refractivity contribution in [2.24, 2.45) is 11.3 Å². The first-order chi connectivity index (χ1) is 15.0. The molecule has 1 N–H and O–H groups in total. The Bertz CT molecular complexity index is 948. The zero-order valence-electron chi connectivity index (χ0n) is 17.2. The Morgan fingerprint density at radius 1 is 1.16 bits per heavy atom. The van der Waals surface area contributed by atoms with Crippen LogP contribution in [0.5, 0.6) is 0 Å². The van der Waals surface area contributed by atoms with E-state index in [2.05, 4.69) is 10.3 Å². The lowest BCUT2D eigenvalue weighted by Crippen LogP contribution is -2.44. The first-order valence-electron chi connectivity index (χ1n) is 10.5. The summed E-state index contributed by atoms with van der Waals surface area (Å²) in [5.41, 5.74) is 0.499. The Labute approximate surface area is 179 Å². The molecule has 8 heteroatoms. The number of carbonyl (C=O) groups is 2. The molecule has 31 heavy (non-hydrogen) atoms. The largest absolute Gasteiger partial charge is 0.381 e. The fraction of sp³-hybridized carbons (Fsp3) is 0.435. The standard InChI is InChI=1S/C23H25F2N3O3/c24-17-1-2-18(20(25)13-17)22(30)28-14-19(23(15-28)6-11-31-12-7-23)21(29)27-10-5-16-3-8-26-9-4-16/h1-4,8-9,13,19H,5-7,10-12,14-15H2,(H,27,29). The number of carbonyl (C=O) groups excluding carboxylic acids is 2. The zero-order valence-corrected chi connectivity index (χ0v) is 17.2. The summed E-state index contributed by atoms with van der Waals surface area (Å²) in [5.74, 6) is -2.65. The number of amides is 2. The summed E-state index contributed by atoms with van der Waals surface area (Å²) in [6, 6.07) is 6.74. The summed E-state index contributed by atoms with van der Waals surface area (Å²) in [4.78, 5) is 31.6. The molecule has 1 atom stereocenters. The number of hydrogen-bond acceptors (Lipinski definition) is 4. The number of aromatic nitrogens is 1.